The van der Waals surface area contributed by atoms with Crippen molar-refractivity contribution in [2.45, 2.75) is 130 Å². The van der Waals surface area contributed by atoms with E-state index in [4.69, 9.17) is 9.47 Å². The topological polar surface area (TPSA) is 52.6 Å². The number of hydrogen-bond donors (Lipinski definition) is 0. The van der Waals surface area contributed by atoms with Gasteiger partial charge in [-0.1, -0.05) is 111 Å². The van der Waals surface area contributed by atoms with Crippen LogP contribution in [0, 0.1) is 11.8 Å². The molecule has 0 aromatic rings. The molecule has 0 N–H and O–H groups in total. The van der Waals surface area contributed by atoms with Gasteiger partial charge >= 0.3 is 11.9 Å². The van der Waals surface area contributed by atoms with Crippen molar-refractivity contribution in [1.29, 1.82) is 0 Å². The zero-order valence-corrected chi connectivity index (χ0v) is 21.7. The number of unbranched alkanes of at least 4 members (excludes halogenated alkanes) is 14. The molecule has 32 heavy (non-hydrogen) atoms. The van der Waals surface area contributed by atoms with Crippen LogP contribution in [0.4, 0.5) is 0 Å². The molecule has 0 rings (SSSR count). The van der Waals surface area contributed by atoms with Gasteiger partial charge in [-0.3, -0.25) is 4.79 Å². The van der Waals surface area contributed by atoms with E-state index >= 15 is 0 Å². The Labute approximate surface area is 198 Å². The third-order valence-corrected chi connectivity index (χ3v) is 5.39. The Morgan fingerprint density at radius 1 is 0.594 bits per heavy atom. The van der Waals surface area contributed by atoms with Crippen LogP contribution in [-0.2, 0) is 19.1 Å². The second-order valence-corrected chi connectivity index (χ2v) is 9.99. The van der Waals surface area contributed by atoms with Crippen molar-refractivity contribution in [3.05, 3.63) is 12.2 Å². The minimum Gasteiger partial charge on any atom is -0.465 e. The molecule has 0 heterocycles. The number of allylic oxidation sites excluding steroid dienone is 1. The average Bonchev–Trinajstić information content (AvgIpc) is 2.75. The monoisotopic (exact) mass is 452 g/mol. The quantitative estimate of drug-likeness (QED) is 0.0943. The van der Waals surface area contributed by atoms with Gasteiger partial charge in [-0.15, -0.1) is 0 Å². The molecule has 0 atom stereocenters. The fourth-order valence-corrected chi connectivity index (χ4v) is 3.46. The van der Waals surface area contributed by atoms with Crippen LogP contribution >= 0.6 is 0 Å². The van der Waals surface area contributed by atoms with E-state index in [0.29, 0.717) is 31.5 Å². The van der Waals surface area contributed by atoms with Gasteiger partial charge in [0.1, 0.15) is 0 Å². The van der Waals surface area contributed by atoms with E-state index in [2.05, 4.69) is 13.8 Å². The van der Waals surface area contributed by atoms with Crippen molar-refractivity contribution >= 4 is 11.9 Å². The van der Waals surface area contributed by atoms with E-state index in [0.717, 1.165) is 25.7 Å². The highest BCUT2D eigenvalue weighted by molar-refractivity contribution is 5.81. The third kappa shape index (κ3) is 24.9. The molecule has 0 aliphatic heterocycles. The molecule has 4 heteroatoms. The normalized spacial score (nSPS) is 11.6. The summed E-state index contributed by atoms with van der Waals surface area (Å²) in [6, 6.07) is 0. The second kappa shape index (κ2) is 22.9. The standard InChI is InChI=1S/C28H52O4/c1-25(2)23-31-27(29)21-19-17-15-13-11-9-7-5-6-8-10-12-14-16-18-20-22-28(30)32-24-26(3)4/h19,21,25-26H,5-18,20,22-24H2,1-4H3/b21-19+. The lowest BCUT2D eigenvalue weighted by atomic mass is 10.0. The molecule has 0 spiro atoms. The van der Waals surface area contributed by atoms with Gasteiger partial charge < -0.3 is 9.47 Å². The van der Waals surface area contributed by atoms with Gasteiger partial charge in [-0.25, -0.2) is 4.79 Å². The molecule has 0 saturated heterocycles. The van der Waals surface area contributed by atoms with Gasteiger partial charge in [0.15, 0.2) is 0 Å². The highest BCUT2D eigenvalue weighted by atomic mass is 16.5. The summed E-state index contributed by atoms with van der Waals surface area (Å²) in [5, 5.41) is 0. The first-order valence-corrected chi connectivity index (χ1v) is 13.4. The number of hydrogen-bond acceptors (Lipinski definition) is 4. The maximum absolute atomic E-state index is 11.5. The van der Waals surface area contributed by atoms with Gasteiger partial charge in [0.25, 0.3) is 0 Å². The lowest BCUT2D eigenvalue weighted by Crippen LogP contribution is -2.09. The van der Waals surface area contributed by atoms with Crippen LogP contribution in [0.3, 0.4) is 0 Å². The largest absolute Gasteiger partial charge is 0.465 e. The Bertz CT molecular complexity index is 468. The molecule has 0 bridgehead atoms. The first-order chi connectivity index (χ1) is 15.4. The summed E-state index contributed by atoms with van der Waals surface area (Å²) < 4.78 is 10.3. The van der Waals surface area contributed by atoms with Crippen LogP contribution in [0.25, 0.3) is 0 Å². The number of rotatable bonds is 22. The molecule has 0 aromatic heterocycles. The Balaban J connectivity index is 3.22. The Kier molecular flexibility index (Phi) is 21.9. The predicted octanol–water partition coefficient (Wildman–Crippen LogP) is 8.18. The van der Waals surface area contributed by atoms with E-state index in [1.54, 1.807) is 6.08 Å². The first kappa shape index (κ1) is 30.7. The minimum atomic E-state index is -0.210. The maximum Gasteiger partial charge on any atom is 0.330 e. The van der Waals surface area contributed by atoms with Crippen LogP contribution in [0.15, 0.2) is 12.2 Å². The smallest absolute Gasteiger partial charge is 0.330 e. The van der Waals surface area contributed by atoms with Crippen LogP contribution in [0.5, 0.6) is 0 Å². The SMILES string of the molecule is CC(C)COC(=O)/C=C/CCCCCCCCCCCCCCCCC(=O)OCC(C)C. The van der Waals surface area contributed by atoms with Crippen molar-refractivity contribution in [3.63, 3.8) is 0 Å². The third-order valence-electron chi connectivity index (χ3n) is 5.39. The summed E-state index contributed by atoms with van der Waals surface area (Å²) in [6.07, 6.45) is 22.9. The van der Waals surface area contributed by atoms with Crippen molar-refractivity contribution in [3.8, 4) is 0 Å². The summed E-state index contributed by atoms with van der Waals surface area (Å²) >= 11 is 0. The van der Waals surface area contributed by atoms with E-state index < -0.39 is 0 Å². The first-order valence-electron chi connectivity index (χ1n) is 13.4. The summed E-state index contributed by atoms with van der Waals surface area (Å²) in [7, 11) is 0. The molecule has 0 aliphatic rings. The van der Waals surface area contributed by atoms with E-state index in [-0.39, 0.29) is 11.9 Å². The molecular weight excluding hydrogens is 400 g/mol. The summed E-state index contributed by atoms with van der Waals surface area (Å²) in [4.78, 5) is 23.0. The van der Waals surface area contributed by atoms with Crippen molar-refractivity contribution in [2.75, 3.05) is 13.2 Å². The fraction of sp³-hybridized carbons (Fsp3) is 0.857. The molecule has 0 aromatic carbocycles. The summed E-state index contributed by atoms with van der Waals surface area (Å²) in [6.45, 7) is 9.26. The van der Waals surface area contributed by atoms with E-state index in [1.807, 2.05) is 19.9 Å². The van der Waals surface area contributed by atoms with Crippen molar-refractivity contribution in [1.82, 2.24) is 0 Å². The van der Waals surface area contributed by atoms with Crippen molar-refractivity contribution < 1.29 is 19.1 Å². The molecule has 0 unspecified atom stereocenters. The Morgan fingerprint density at radius 2 is 1.00 bits per heavy atom. The van der Waals surface area contributed by atoms with Crippen LogP contribution in [0.2, 0.25) is 0 Å². The summed E-state index contributed by atoms with van der Waals surface area (Å²) in [5.41, 5.74) is 0. The lowest BCUT2D eigenvalue weighted by Gasteiger charge is -2.07. The van der Waals surface area contributed by atoms with Gasteiger partial charge in [0.2, 0.25) is 0 Å². The molecule has 0 amide bonds. The molecule has 0 fully saturated rings. The Morgan fingerprint density at radius 3 is 1.47 bits per heavy atom. The molecule has 0 radical (unpaired) electrons. The highest BCUT2D eigenvalue weighted by Gasteiger charge is 2.04. The number of esters is 2. The fourth-order valence-electron chi connectivity index (χ4n) is 3.46. The van der Waals surface area contributed by atoms with Crippen LogP contribution in [0.1, 0.15) is 130 Å². The molecule has 4 nitrogen and oxygen atoms in total. The lowest BCUT2D eigenvalue weighted by molar-refractivity contribution is -0.145. The maximum atomic E-state index is 11.5. The van der Waals surface area contributed by atoms with Crippen molar-refractivity contribution in [2.24, 2.45) is 11.8 Å². The zero-order valence-electron chi connectivity index (χ0n) is 21.7. The number of ether oxygens (including phenoxy) is 2. The van der Waals surface area contributed by atoms with Gasteiger partial charge in [0.05, 0.1) is 13.2 Å². The second-order valence-electron chi connectivity index (χ2n) is 9.99. The Hall–Kier alpha value is -1.32. The average molecular weight is 453 g/mol. The molecular formula is C28H52O4. The molecule has 0 saturated carbocycles. The zero-order chi connectivity index (χ0) is 23.9. The van der Waals surface area contributed by atoms with Crippen LogP contribution in [-0.4, -0.2) is 25.2 Å². The molecule has 188 valence electrons. The highest BCUT2D eigenvalue weighted by Crippen LogP contribution is 2.14. The van der Waals surface area contributed by atoms with Gasteiger partial charge in [0, 0.05) is 12.5 Å². The number of carbonyl (C=O) groups excluding carboxylic acids is 2. The summed E-state index contributed by atoms with van der Waals surface area (Å²) in [5.74, 6) is 0.569. The minimum absolute atomic E-state index is 0.0327. The molecule has 0 aliphatic carbocycles. The van der Waals surface area contributed by atoms with Crippen LogP contribution < -0.4 is 0 Å². The predicted molar refractivity (Wildman–Crippen MR) is 135 cm³/mol. The van der Waals surface area contributed by atoms with Gasteiger partial charge in [-0.05, 0) is 31.1 Å². The van der Waals surface area contributed by atoms with E-state index in [1.165, 1.54) is 70.6 Å². The number of carbonyl (C=O) groups is 2. The van der Waals surface area contributed by atoms with E-state index in [9.17, 15) is 9.59 Å². The van der Waals surface area contributed by atoms with Gasteiger partial charge in [-0.2, -0.15) is 0 Å².